The number of anilines is 4. The summed E-state index contributed by atoms with van der Waals surface area (Å²) in [4.78, 5) is 18.4. The van der Waals surface area contributed by atoms with Gasteiger partial charge in [-0.05, 0) is 68.9 Å². The molecule has 4 aliphatic carbocycles. The molecule has 3 aromatic heterocycles. The molecule has 0 radical (unpaired) electrons. The quantitative estimate of drug-likeness (QED) is 0.636. The molecule has 4 fully saturated rings. The van der Waals surface area contributed by atoms with Crippen LogP contribution in [-0.2, 0) is 0 Å². The van der Waals surface area contributed by atoms with Gasteiger partial charge >= 0.3 is 0 Å². The molecule has 5 aliphatic rings. The fourth-order valence-corrected chi connectivity index (χ4v) is 7.49. The molecule has 1 aliphatic heterocycles. The van der Waals surface area contributed by atoms with Gasteiger partial charge in [-0.2, -0.15) is 10.1 Å². The third kappa shape index (κ3) is 2.68. The second-order valence-corrected chi connectivity index (χ2v) is 10.8. The highest BCUT2D eigenvalue weighted by Crippen LogP contribution is 2.61. The fraction of sp³-hybridized carbons (Fsp3) is 0.500. The van der Waals surface area contributed by atoms with Crippen LogP contribution in [-0.4, -0.2) is 42.7 Å². The third-order valence-corrected chi connectivity index (χ3v) is 8.39. The molecule has 0 amide bonds. The summed E-state index contributed by atoms with van der Waals surface area (Å²) >= 11 is 0. The van der Waals surface area contributed by atoms with Crippen molar-refractivity contribution >= 4 is 28.8 Å². The van der Waals surface area contributed by atoms with E-state index in [2.05, 4.69) is 43.8 Å². The van der Waals surface area contributed by atoms with Crippen molar-refractivity contribution < 1.29 is 0 Å². The number of rotatable bonds is 3. The van der Waals surface area contributed by atoms with Gasteiger partial charge in [0, 0.05) is 12.6 Å². The van der Waals surface area contributed by atoms with E-state index in [0.717, 1.165) is 53.5 Å². The smallest absolute Gasteiger partial charge is 0.229 e. The van der Waals surface area contributed by atoms with E-state index < -0.39 is 0 Å². The fourth-order valence-electron chi connectivity index (χ4n) is 7.49. The monoisotopic (exact) mass is 443 g/mol. The van der Waals surface area contributed by atoms with Crippen LogP contribution in [0.2, 0.25) is 0 Å². The molecule has 170 valence electrons. The summed E-state index contributed by atoms with van der Waals surface area (Å²) in [5.74, 6) is 3.88. The molecular weight excluding hydrogens is 414 g/mol. The zero-order chi connectivity index (χ0) is 22.5. The Balaban J connectivity index is 1.29. The van der Waals surface area contributed by atoms with Gasteiger partial charge in [-0.15, -0.1) is 0 Å². The van der Waals surface area contributed by atoms with Crippen LogP contribution >= 0.6 is 0 Å². The number of nitrogens with zero attached hydrogens (tertiary/aromatic N) is 7. The van der Waals surface area contributed by atoms with Crippen LogP contribution in [0.15, 0.2) is 37.2 Å². The summed E-state index contributed by atoms with van der Waals surface area (Å²) in [6, 6.07) is 2.00. The van der Waals surface area contributed by atoms with Crippen molar-refractivity contribution in [2.75, 3.05) is 22.2 Å². The first-order chi connectivity index (χ1) is 15.8. The number of pyridine rings is 1. The van der Waals surface area contributed by atoms with Gasteiger partial charge in [0.15, 0.2) is 11.5 Å². The highest BCUT2D eigenvalue weighted by atomic mass is 15.5. The maximum absolute atomic E-state index is 6.93. The van der Waals surface area contributed by atoms with E-state index in [1.807, 2.05) is 25.4 Å². The first-order valence-electron chi connectivity index (χ1n) is 11.8. The number of aromatic nitrogens is 5. The Labute approximate surface area is 192 Å². The maximum Gasteiger partial charge on any atom is 0.229 e. The van der Waals surface area contributed by atoms with Crippen LogP contribution in [0.3, 0.4) is 0 Å². The lowest BCUT2D eigenvalue weighted by Gasteiger charge is -2.63. The Hall–Kier alpha value is -3.20. The Morgan fingerprint density at radius 2 is 1.97 bits per heavy atom. The normalized spacial score (nSPS) is 32.2. The molecule has 0 spiro atoms. The summed E-state index contributed by atoms with van der Waals surface area (Å²) in [5, 5.41) is 7.66. The average Bonchev–Trinajstić information content (AvgIpc) is 3.28. The van der Waals surface area contributed by atoms with Crippen molar-refractivity contribution in [3.8, 4) is 0 Å². The van der Waals surface area contributed by atoms with E-state index in [4.69, 9.17) is 10.7 Å². The number of hydrogen-bond donors (Lipinski definition) is 2. The van der Waals surface area contributed by atoms with Crippen molar-refractivity contribution in [3.05, 3.63) is 42.8 Å². The predicted molar refractivity (Wildman–Crippen MR) is 127 cm³/mol. The lowest BCUT2D eigenvalue weighted by molar-refractivity contribution is -0.0185. The molecule has 0 saturated heterocycles. The number of fused-ring (bicyclic) bond motifs is 2. The summed E-state index contributed by atoms with van der Waals surface area (Å²) < 4.78 is 1.75. The molecule has 3 aromatic rings. The van der Waals surface area contributed by atoms with Gasteiger partial charge in [0.1, 0.15) is 17.8 Å². The number of aryl methyl sites for hydroxylation is 1. The molecule has 2 unspecified atom stereocenters. The number of nitrogens with one attached hydrogen (secondary N) is 1. The molecule has 8 rings (SSSR count). The molecular formula is C24H29N9. The van der Waals surface area contributed by atoms with Crippen LogP contribution in [0.4, 0.5) is 23.1 Å². The van der Waals surface area contributed by atoms with Gasteiger partial charge < -0.3 is 20.9 Å². The largest absolute Gasteiger partial charge is 0.327 e. The first-order valence-corrected chi connectivity index (χ1v) is 11.8. The zero-order valence-electron chi connectivity index (χ0n) is 19.1. The molecule has 3 N–H and O–H groups in total. The first kappa shape index (κ1) is 19.3. The standard InChI is InChI=1S/C24H29N9/c1-14-4-20-27-13-28-32(20)11-18(14)29-22-26-10-19-21(30-22)33(15(2)31(19)3)24-8-16-5-17(9-24)7-23(25,6-16)12-24/h4,10-11,13,16-17H,2,5-9,12,25H2,1,3H3,(H,26,29,30). The molecule has 4 bridgehead atoms. The topological polar surface area (TPSA) is 100 Å². The van der Waals surface area contributed by atoms with E-state index in [1.165, 1.54) is 19.3 Å². The molecule has 2 atom stereocenters. The van der Waals surface area contributed by atoms with Gasteiger partial charge in [0.2, 0.25) is 5.95 Å². The minimum Gasteiger partial charge on any atom is -0.327 e. The van der Waals surface area contributed by atoms with Crippen molar-refractivity contribution in [2.24, 2.45) is 17.6 Å². The number of hydrogen-bond acceptors (Lipinski definition) is 8. The Kier molecular flexibility index (Phi) is 3.64. The van der Waals surface area contributed by atoms with Crippen LogP contribution < -0.4 is 20.9 Å². The van der Waals surface area contributed by atoms with Crippen molar-refractivity contribution in [1.29, 1.82) is 0 Å². The minimum atomic E-state index is -0.0515. The van der Waals surface area contributed by atoms with Gasteiger partial charge in [0.25, 0.3) is 0 Å². The second-order valence-electron chi connectivity index (χ2n) is 10.8. The Morgan fingerprint density at radius 3 is 2.73 bits per heavy atom. The van der Waals surface area contributed by atoms with Crippen molar-refractivity contribution in [1.82, 2.24) is 24.6 Å². The summed E-state index contributed by atoms with van der Waals surface area (Å²) in [7, 11) is 2.05. The van der Waals surface area contributed by atoms with Crippen LogP contribution in [0.25, 0.3) is 5.65 Å². The maximum atomic E-state index is 6.93. The zero-order valence-corrected chi connectivity index (χ0v) is 19.1. The van der Waals surface area contributed by atoms with E-state index in [9.17, 15) is 0 Å². The van der Waals surface area contributed by atoms with E-state index in [-0.39, 0.29) is 11.1 Å². The molecule has 9 heteroatoms. The molecule has 4 heterocycles. The lowest BCUT2D eigenvalue weighted by atomic mass is 9.49. The van der Waals surface area contributed by atoms with Gasteiger partial charge in [0.05, 0.1) is 23.6 Å². The van der Waals surface area contributed by atoms with E-state index >= 15 is 0 Å². The molecule has 0 aromatic carbocycles. The van der Waals surface area contributed by atoms with Crippen molar-refractivity contribution in [3.63, 3.8) is 0 Å². The van der Waals surface area contributed by atoms with Crippen LogP contribution in [0.1, 0.15) is 44.1 Å². The molecule has 4 saturated carbocycles. The minimum absolute atomic E-state index is 0.00337. The summed E-state index contributed by atoms with van der Waals surface area (Å²) in [5.41, 5.74) is 10.6. The summed E-state index contributed by atoms with van der Waals surface area (Å²) in [6.07, 6.45) is 12.4. The van der Waals surface area contributed by atoms with Crippen molar-refractivity contribution in [2.45, 2.75) is 56.5 Å². The highest BCUT2D eigenvalue weighted by Gasteiger charge is 2.60. The Bertz CT molecular complexity index is 1300. The SMILES string of the molecule is C=C1N(C)c2cnc(Nc3cn4ncnc4cc3C)nc2N1C12CC3CC(CC(N)(C3)C1)C2. The van der Waals surface area contributed by atoms with Crippen LogP contribution in [0.5, 0.6) is 0 Å². The highest BCUT2D eigenvalue weighted by molar-refractivity contribution is 5.81. The molecule has 9 nitrogen and oxygen atoms in total. The van der Waals surface area contributed by atoms with Crippen LogP contribution in [0, 0.1) is 18.8 Å². The van der Waals surface area contributed by atoms with E-state index in [0.29, 0.717) is 17.8 Å². The van der Waals surface area contributed by atoms with E-state index in [1.54, 1.807) is 10.8 Å². The third-order valence-electron chi connectivity index (χ3n) is 8.39. The predicted octanol–water partition coefficient (Wildman–Crippen LogP) is 3.35. The van der Waals surface area contributed by atoms with Gasteiger partial charge in [-0.1, -0.05) is 6.58 Å². The second kappa shape index (κ2) is 6.22. The lowest BCUT2D eigenvalue weighted by Crippen LogP contribution is -2.68. The van der Waals surface area contributed by atoms with Gasteiger partial charge in [-0.3, -0.25) is 0 Å². The number of nitrogens with two attached hydrogens (primary N) is 1. The van der Waals surface area contributed by atoms with Gasteiger partial charge in [-0.25, -0.2) is 14.5 Å². The summed E-state index contributed by atoms with van der Waals surface area (Å²) in [6.45, 7) is 6.52. The average molecular weight is 444 g/mol. The Morgan fingerprint density at radius 1 is 1.18 bits per heavy atom. The molecule has 33 heavy (non-hydrogen) atoms.